The summed E-state index contributed by atoms with van der Waals surface area (Å²) in [7, 11) is 0. The highest BCUT2D eigenvalue weighted by Gasteiger charge is 2.64. The van der Waals surface area contributed by atoms with Gasteiger partial charge in [-0.15, -0.1) is 11.3 Å². The molecular weight excluding hydrogens is 387 g/mol. The molecule has 1 fully saturated rings. The van der Waals surface area contributed by atoms with Crippen molar-refractivity contribution in [3.8, 4) is 0 Å². The Morgan fingerprint density at radius 2 is 2.00 bits per heavy atom. The van der Waals surface area contributed by atoms with E-state index in [1.54, 1.807) is 0 Å². The topological polar surface area (TPSA) is 29.1 Å². The summed E-state index contributed by atoms with van der Waals surface area (Å²) in [5.41, 5.74) is -2.01. The largest absolute Gasteiger partial charge is 0.411 e. The summed E-state index contributed by atoms with van der Waals surface area (Å²) < 4.78 is 39.2. The van der Waals surface area contributed by atoms with Crippen molar-refractivity contribution in [2.24, 2.45) is 0 Å². The van der Waals surface area contributed by atoms with E-state index in [1.807, 2.05) is 0 Å². The monoisotopic (exact) mass is 391 g/mol. The normalized spacial score (nSPS) is 17.9. The molecule has 0 unspecified atom stereocenters. The first-order chi connectivity index (χ1) is 7.75. The lowest BCUT2D eigenvalue weighted by Crippen LogP contribution is -2.47. The highest BCUT2D eigenvalue weighted by atomic mass is 79.9. The molecule has 0 aliphatic heterocycles. The fourth-order valence-electron chi connectivity index (χ4n) is 1.34. The van der Waals surface area contributed by atoms with Gasteiger partial charge in [-0.05, 0) is 50.8 Å². The number of carbonyl (C=O) groups is 1. The standard InChI is InChI=1S/C9H6Br2F3NOS/c10-4-3-5(17-6(4)11)7(16)15-8(1-2-8)9(12,13)14/h3H,1-2H2,(H,15,16). The van der Waals surface area contributed by atoms with E-state index in [9.17, 15) is 18.0 Å². The van der Waals surface area contributed by atoms with Crippen LogP contribution in [-0.2, 0) is 0 Å². The van der Waals surface area contributed by atoms with Crippen LogP contribution >= 0.6 is 43.2 Å². The maximum absolute atomic E-state index is 12.6. The molecule has 2 rings (SSSR count). The molecule has 0 atom stereocenters. The van der Waals surface area contributed by atoms with Crippen LogP contribution in [0.15, 0.2) is 14.3 Å². The van der Waals surface area contributed by atoms with Gasteiger partial charge in [0.05, 0.1) is 8.66 Å². The molecular formula is C9H6Br2F3NOS. The lowest BCUT2D eigenvalue weighted by atomic mass is 10.2. The maximum atomic E-state index is 12.6. The number of hydrogen-bond donors (Lipinski definition) is 1. The number of hydrogen-bond acceptors (Lipinski definition) is 2. The summed E-state index contributed by atoms with van der Waals surface area (Å²) in [5.74, 6) is -0.684. The smallest absolute Gasteiger partial charge is 0.337 e. The average Bonchev–Trinajstić information content (AvgIpc) is 2.89. The molecule has 8 heteroatoms. The molecule has 1 amide bonds. The minimum absolute atomic E-state index is 0.0457. The van der Waals surface area contributed by atoms with Crippen molar-refractivity contribution in [1.82, 2.24) is 5.32 Å². The molecule has 1 heterocycles. The first kappa shape index (κ1) is 13.4. The number of amides is 1. The summed E-state index contributed by atoms with van der Waals surface area (Å²) in [6, 6.07) is 1.50. The van der Waals surface area contributed by atoms with Crippen molar-refractivity contribution in [1.29, 1.82) is 0 Å². The van der Waals surface area contributed by atoms with Gasteiger partial charge in [0.2, 0.25) is 0 Å². The number of carbonyl (C=O) groups excluding carboxylic acids is 1. The summed E-state index contributed by atoms with van der Waals surface area (Å²) in [6.45, 7) is 0. The van der Waals surface area contributed by atoms with Gasteiger partial charge >= 0.3 is 6.18 Å². The fourth-order valence-corrected chi connectivity index (χ4v) is 3.27. The molecule has 1 aliphatic carbocycles. The molecule has 0 radical (unpaired) electrons. The van der Waals surface area contributed by atoms with E-state index in [-0.39, 0.29) is 17.7 Å². The molecule has 17 heavy (non-hydrogen) atoms. The Kier molecular flexibility index (Phi) is 3.33. The summed E-state index contributed by atoms with van der Waals surface area (Å²) in [5, 5.41) is 2.07. The van der Waals surface area contributed by atoms with E-state index in [0.717, 1.165) is 11.3 Å². The van der Waals surface area contributed by atoms with Crippen molar-refractivity contribution < 1.29 is 18.0 Å². The van der Waals surface area contributed by atoms with Crippen molar-refractivity contribution in [2.45, 2.75) is 24.6 Å². The molecule has 2 nitrogen and oxygen atoms in total. The van der Waals surface area contributed by atoms with Gasteiger partial charge in [-0.2, -0.15) is 13.2 Å². The van der Waals surface area contributed by atoms with Crippen LogP contribution in [0.1, 0.15) is 22.5 Å². The van der Waals surface area contributed by atoms with Crippen LogP contribution in [0.2, 0.25) is 0 Å². The van der Waals surface area contributed by atoms with E-state index in [4.69, 9.17) is 0 Å². The van der Waals surface area contributed by atoms with E-state index in [2.05, 4.69) is 37.2 Å². The van der Waals surface area contributed by atoms with Crippen molar-refractivity contribution in [2.75, 3.05) is 0 Å². The first-order valence-electron chi connectivity index (χ1n) is 4.59. The van der Waals surface area contributed by atoms with Crippen LogP contribution in [0.3, 0.4) is 0 Å². The zero-order valence-electron chi connectivity index (χ0n) is 8.20. The number of thiophene rings is 1. The zero-order valence-corrected chi connectivity index (χ0v) is 12.2. The summed E-state index contributed by atoms with van der Waals surface area (Å²) in [6.07, 6.45) is -4.47. The van der Waals surface area contributed by atoms with Crippen molar-refractivity contribution >= 4 is 49.1 Å². The fraction of sp³-hybridized carbons (Fsp3) is 0.444. The minimum atomic E-state index is -4.38. The molecule has 1 N–H and O–H groups in total. The van der Waals surface area contributed by atoms with Gasteiger partial charge in [0.25, 0.3) is 5.91 Å². The Labute approximate surface area is 116 Å². The van der Waals surface area contributed by atoms with Gasteiger partial charge in [-0.1, -0.05) is 0 Å². The molecule has 0 spiro atoms. The van der Waals surface area contributed by atoms with Gasteiger partial charge in [0, 0.05) is 4.47 Å². The molecule has 94 valence electrons. The SMILES string of the molecule is O=C(NC1(C(F)(F)F)CC1)c1cc(Br)c(Br)s1. The molecule has 0 bridgehead atoms. The lowest BCUT2D eigenvalue weighted by molar-refractivity contribution is -0.163. The molecule has 1 saturated carbocycles. The Hall–Kier alpha value is -0.0800. The lowest BCUT2D eigenvalue weighted by Gasteiger charge is -2.20. The molecule has 0 saturated heterocycles. The Morgan fingerprint density at radius 3 is 2.35 bits per heavy atom. The third-order valence-corrected chi connectivity index (χ3v) is 5.77. The predicted molar refractivity (Wildman–Crippen MR) is 65.2 cm³/mol. The minimum Gasteiger partial charge on any atom is -0.337 e. The van der Waals surface area contributed by atoms with Crippen LogP contribution < -0.4 is 5.32 Å². The zero-order chi connectivity index (χ0) is 12.8. The third-order valence-electron chi connectivity index (χ3n) is 2.51. The molecule has 1 aromatic rings. The highest BCUT2D eigenvalue weighted by molar-refractivity contribution is 9.13. The quantitative estimate of drug-likeness (QED) is 0.806. The van der Waals surface area contributed by atoms with Gasteiger partial charge < -0.3 is 5.32 Å². The molecule has 1 aromatic heterocycles. The first-order valence-corrected chi connectivity index (χ1v) is 6.99. The number of rotatable bonds is 2. The van der Waals surface area contributed by atoms with Crippen LogP contribution in [0, 0.1) is 0 Å². The Bertz CT molecular complexity index is 448. The average molecular weight is 393 g/mol. The summed E-state index contributed by atoms with van der Waals surface area (Å²) >= 11 is 7.46. The Morgan fingerprint density at radius 1 is 1.41 bits per heavy atom. The third kappa shape index (κ3) is 2.53. The summed E-state index contributed by atoms with van der Waals surface area (Å²) in [4.78, 5) is 11.9. The van der Waals surface area contributed by atoms with E-state index < -0.39 is 17.6 Å². The van der Waals surface area contributed by atoms with Crippen molar-refractivity contribution in [3.63, 3.8) is 0 Å². The number of halogens is 5. The second kappa shape index (κ2) is 4.24. The van der Waals surface area contributed by atoms with Crippen LogP contribution in [0.4, 0.5) is 13.2 Å². The van der Waals surface area contributed by atoms with Gasteiger partial charge in [-0.3, -0.25) is 4.79 Å². The maximum Gasteiger partial charge on any atom is 0.411 e. The van der Waals surface area contributed by atoms with Gasteiger partial charge in [0.1, 0.15) is 5.54 Å². The van der Waals surface area contributed by atoms with Crippen LogP contribution in [-0.4, -0.2) is 17.6 Å². The van der Waals surface area contributed by atoms with Gasteiger partial charge in [0.15, 0.2) is 0 Å². The van der Waals surface area contributed by atoms with Crippen LogP contribution in [0.25, 0.3) is 0 Å². The predicted octanol–water partition coefficient (Wildman–Crippen LogP) is 4.10. The van der Waals surface area contributed by atoms with Gasteiger partial charge in [-0.25, -0.2) is 0 Å². The molecule has 0 aromatic carbocycles. The molecule has 1 aliphatic rings. The number of nitrogens with one attached hydrogen (secondary N) is 1. The van der Waals surface area contributed by atoms with E-state index >= 15 is 0 Å². The Balaban J connectivity index is 2.13. The van der Waals surface area contributed by atoms with E-state index in [1.165, 1.54) is 6.07 Å². The second-order valence-electron chi connectivity index (χ2n) is 3.77. The highest BCUT2D eigenvalue weighted by Crippen LogP contribution is 2.49. The second-order valence-corrected chi connectivity index (χ2v) is 6.99. The van der Waals surface area contributed by atoms with Crippen LogP contribution in [0.5, 0.6) is 0 Å². The van der Waals surface area contributed by atoms with E-state index in [0.29, 0.717) is 8.26 Å². The number of alkyl halides is 3. The van der Waals surface area contributed by atoms with Crippen molar-refractivity contribution in [3.05, 3.63) is 19.2 Å².